The number of hydrogen-bond acceptors (Lipinski definition) is 1. The highest BCUT2D eigenvalue weighted by Gasteiger charge is 2.35. The van der Waals surface area contributed by atoms with Gasteiger partial charge in [-0.1, -0.05) is 89.9 Å². The molecule has 2 saturated carbocycles. The van der Waals surface area contributed by atoms with Gasteiger partial charge in [-0.3, -0.25) is 4.99 Å². The molecule has 0 N–H and O–H groups in total. The average molecular weight is 304 g/mol. The molecule has 0 radical (unpaired) electrons. The van der Waals surface area contributed by atoms with Crippen LogP contribution in [0.25, 0.3) is 0 Å². The van der Waals surface area contributed by atoms with Crippen LogP contribution >= 0.6 is 0 Å². The second kappa shape index (κ2) is 9.08. The van der Waals surface area contributed by atoms with E-state index in [1.54, 1.807) is 0 Å². The van der Waals surface area contributed by atoms with Crippen molar-refractivity contribution < 1.29 is 0 Å². The van der Waals surface area contributed by atoms with Crippen LogP contribution in [0.3, 0.4) is 0 Å². The molecule has 0 amide bonds. The van der Waals surface area contributed by atoms with Crippen LogP contribution in [-0.2, 0) is 0 Å². The van der Waals surface area contributed by atoms with Crippen molar-refractivity contribution in [2.75, 3.05) is 6.54 Å². The van der Waals surface area contributed by atoms with Gasteiger partial charge in [0.25, 0.3) is 0 Å². The van der Waals surface area contributed by atoms with Crippen LogP contribution < -0.4 is 0 Å². The Morgan fingerprint density at radius 2 is 1.00 bits per heavy atom. The first-order chi connectivity index (χ1) is 10.9. The molecule has 126 valence electrons. The molecule has 0 spiro atoms. The van der Waals surface area contributed by atoms with Gasteiger partial charge < -0.3 is 0 Å². The third-order valence-corrected chi connectivity index (χ3v) is 6.88. The Labute approximate surface area is 138 Å². The fraction of sp³-hybridized carbons (Fsp3) is 0.952. The summed E-state index contributed by atoms with van der Waals surface area (Å²) in [6.45, 7) is 1.16. The lowest BCUT2D eigenvalue weighted by Crippen LogP contribution is -2.35. The van der Waals surface area contributed by atoms with Gasteiger partial charge in [0.05, 0.1) is 0 Å². The predicted molar refractivity (Wildman–Crippen MR) is 96.6 cm³/mol. The fourth-order valence-electron chi connectivity index (χ4n) is 5.58. The van der Waals surface area contributed by atoms with Gasteiger partial charge in [-0.15, -0.1) is 0 Å². The second-order valence-electron chi connectivity index (χ2n) is 8.32. The quantitative estimate of drug-likeness (QED) is 0.558. The van der Waals surface area contributed by atoms with E-state index in [2.05, 4.69) is 6.21 Å². The molecule has 1 aliphatic heterocycles. The Morgan fingerprint density at radius 3 is 1.55 bits per heavy atom. The van der Waals surface area contributed by atoms with Crippen LogP contribution in [0.4, 0.5) is 0 Å². The van der Waals surface area contributed by atoms with Gasteiger partial charge >= 0.3 is 0 Å². The zero-order chi connectivity index (χ0) is 15.0. The fourth-order valence-corrected chi connectivity index (χ4v) is 5.58. The molecule has 22 heavy (non-hydrogen) atoms. The normalized spacial score (nSPS) is 33.6. The first-order valence-corrected chi connectivity index (χ1v) is 10.4. The molecule has 1 nitrogen and oxygen atoms in total. The Balaban J connectivity index is 1.65. The largest absolute Gasteiger partial charge is 0.297 e. The summed E-state index contributed by atoms with van der Waals surface area (Å²) < 4.78 is 0. The monoisotopic (exact) mass is 303 g/mol. The third kappa shape index (κ3) is 4.59. The molecule has 0 aromatic carbocycles. The molecule has 0 bridgehead atoms. The van der Waals surface area contributed by atoms with Crippen LogP contribution in [0.15, 0.2) is 4.99 Å². The van der Waals surface area contributed by atoms with Crippen LogP contribution in [0, 0.1) is 23.7 Å². The first-order valence-electron chi connectivity index (χ1n) is 10.4. The molecule has 2 fully saturated rings. The van der Waals surface area contributed by atoms with E-state index >= 15 is 0 Å². The molecule has 2 aliphatic carbocycles. The summed E-state index contributed by atoms with van der Waals surface area (Å²) in [6.07, 6.45) is 24.5. The Bertz CT molecular complexity index is 287. The topological polar surface area (TPSA) is 12.4 Å². The lowest BCUT2D eigenvalue weighted by atomic mass is 9.66. The molecule has 0 aromatic heterocycles. The average Bonchev–Trinajstić information content (AvgIpc) is 2.47. The van der Waals surface area contributed by atoms with Gasteiger partial charge in [-0.25, -0.2) is 0 Å². The van der Waals surface area contributed by atoms with Crippen LogP contribution in [0.5, 0.6) is 0 Å². The molecular weight excluding hydrogens is 266 g/mol. The van der Waals surface area contributed by atoms with E-state index in [-0.39, 0.29) is 0 Å². The minimum Gasteiger partial charge on any atom is -0.297 e. The highest BCUT2D eigenvalue weighted by molar-refractivity contribution is 5.58. The standard InChI is InChI=1S/C21H37N/c1-3-7-11-18(12-8-4-1)20-15-16-22-17-21(20)19-13-9-5-2-6-10-14-19/h16,18-21H,1-15,17H2. The van der Waals surface area contributed by atoms with Gasteiger partial charge in [-0.2, -0.15) is 0 Å². The second-order valence-corrected chi connectivity index (χ2v) is 8.32. The van der Waals surface area contributed by atoms with Crippen molar-refractivity contribution >= 4 is 6.21 Å². The molecule has 2 atom stereocenters. The highest BCUT2D eigenvalue weighted by Crippen LogP contribution is 2.42. The number of nitrogens with zero attached hydrogens (tertiary/aromatic N) is 1. The maximum Gasteiger partial charge on any atom is 0.0419 e. The van der Waals surface area contributed by atoms with E-state index in [1.807, 2.05) is 0 Å². The Morgan fingerprint density at radius 1 is 0.545 bits per heavy atom. The summed E-state index contributed by atoms with van der Waals surface area (Å²) >= 11 is 0. The molecule has 0 saturated heterocycles. The summed E-state index contributed by atoms with van der Waals surface area (Å²) in [4.78, 5) is 4.75. The third-order valence-electron chi connectivity index (χ3n) is 6.88. The zero-order valence-corrected chi connectivity index (χ0v) is 14.6. The minimum atomic E-state index is 0.924. The molecular formula is C21H37N. The summed E-state index contributed by atoms with van der Waals surface area (Å²) in [5.41, 5.74) is 0. The van der Waals surface area contributed by atoms with Gasteiger partial charge in [0.1, 0.15) is 0 Å². The molecule has 0 aromatic rings. The van der Waals surface area contributed by atoms with Crippen molar-refractivity contribution in [3.8, 4) is 0 Å². The lowest BCUT2D eigenvalue weighted by Gasteiger charge is -2.40. The SMILES string of the molecule is C1=NCC(C2CCCCCCC2)C(C2CCCCCCC2)C1. The molecule has 2 unspecified atom stereocenters. The molecule has 1 heteroatoms. The van der Waals surface area contributed by atoms with Gasteiger partial charge in [0, 0.05) is 6.54 Å². The van der Waals surface area contributed by atoms with Crippen molar-refractivity contribution in [3.63, 3.8) is 0 Å². The number of aliphatic imine (C=N–C) groups is 1. The maximum atomic E-state index is 4.75. The van der Waals surface area contributed by atoms with E-state index in [1.165, 1.54) is 96.3 Å². The smallest absolute Gasteiger partial charge is 0.0419 e. The van der Waals surface area contributed by atoms with E-state index in [4.69, 9.17) is 4.99 Å². The number of hydrogen-bond donors (Lipinski definition) is 0. The van der Waals surface area contributed by atoms with E-state index in [0.717, 1.165) is 30.2 Å². The minimum absolute atomic E-state index is 0.924. The van der Waals surface area contributed by atoms with Crippen molar-refractivity contribution in [3.05, 3.63) is 0 Å². The van der Waals surface area contributed by atoms with E-state index < -0.39 is 0 Å². The Kier molecular flexibility index (Phi) is 6.82. The summed E-state index contributed by atoms with van der Waals surface area (Å²) in [5.74, 6) is 3.91. The summed E-state index contributed by atoms with van der Waals surface area (Å²) in [5, 5.41) is 0. The van der Waals surface area contributed by atoms with Crippen molar-refractivity contribution in [1.82, 2.24) is 0 Å². The molecule has 1 heterocycles. The van der Waals surface area contributed by atoms with E-state index in [0.29, 0.717) is 0 Å². The Hall–Kier alpha value is -0.330. The van der Waals surface area contributed by atoms with Crippen molar-refractivity contribution in [2.45, 2.75) is 96.3 Å². The van der Waals surface area contributed by atoms with Crippen molar-refractivity contribution in [1.29, 1.82) is 0 Å². The maximum absolute atomic E-state index is 4.75. The number of rotatable bonds is 2. The van der Waals surface area contributed by atoms with Crippen LogP contribution in [0.2, 0.25) is 0 Å². The van der Waals surface area contributed by atoms with Crippen LogP contribution in [-0.4, -0.2) is 12.8 Å². The van der Waals surface area contributed by atoms with Gasteiger partial charge in [0.2, 0.25) is 0 Å². The molecule has 3 rings (SSSR count). The highest BCUT2D eigenvalue weighted by atomic mass is 14.7. The zero-order valence-electron chi connectivity index (χ0n) is 14.6. The van der Waals surface area contributed by atoms with Crippen molar-refractivity contribution in [2.24, 2.45) is 28.7 Å². The first kappa shape index (κ1) is 16.5. The summed E-state index contributed by atoms with van der Waals surface area (Å²) in [7, 11) is 0. The predicted octanol–water partition coefficient (Wildman–Crippen LogP) is 6.41. The summed E-state index contributed by atoms with van der Waals surface area (Å²) in [6, 6.07) is 0. The van der Waals surface area contributed by atoms with Gasteiger partial charge in [-0.05, 0) is 36.3 Å². The van der Waals surface area contributed by atoms with E-state index in [9.17, 15) is 0 Å². The van der Waals surface area contributed by atoms with Crippen LogP contribution in [0.1, 0.15) is 96.3 Å². The van der Waals surface area contributed by atoms with Gasteiger partial charge in [0.15, 0.2) is 0 Å². The molecule has 3 aliphatic rings. The lowest BCUT2D eigenvalue weighted by molar-refractivity contribution is 0.125.